The summed E-state index contributed by atoms with van der Waals surface area (Å²) in [6, 6.07) is 0. The summed E-state index contributed by atoms with van der Waals surface area (Å²) in [4.78, 5) is 11.1. The van der Waals surface area contributed by atoms with Crippen LogP contribution in [0.3, 0.4) is 0 Å². The number of methoxy groups -OCH3 is 1. The van der Waals surface area contributed by atoms with Crippen LogP contribution >= 0.6 is 0 Å². The van der Waals surface area contributed by atoms with Crippen LogP contribution in [0.2, 0.25) is 0 Å². The number of hydrogen-bond donors (Lipinski definition) is 1. The van der Waals surface area contributed by atoms with Gasteiger partial charge in [-0.2, -0.15) is 0 Å². The predicted molar refractivity (Wildman–Crippen MR) is 55.8 cm³/mol. The molecule has 0 amide bonds. The maximum Gasteiger partial charge on any atom is 0.305 e. The summed E-state index contributed by atoms with van der Waals surface area (Å²) in [5.41, 5.74) is 5.70. The molecule has 1 atom stereocenters. The average Bonchev–Trinajstić information content (AvgIpc) is 2.26. The topological polar surface area (TPSA) is 52.3 Å². The van der Waals surface area contributed by atoms with Gasteiger partial charge in [-0.05, 0) is 18.4 Å². The molecule has 0 aromatic rings. The van der Waals surface area contributed by atoms with E-state index in [0.29, 0.717) is 24.8 Å². The van der Waals surface area contributed by atoms with Crippen LogP contribution in [0.1, 0.15) is 38.5 Å². The second-order valence-corrected chi connectivity index (χ2v) is 4.17. The number of carbonyl (C=O) groups excluding carboxylic acids is 1. The van der Waals surface area contributed by atoms with Gasteiger partial charge in [-0.25, -0.2) is 0 Å². The minimum Gasteiger partial charge on any atom is -0.469 e. The molecule has 1 aliphatic carbocycles. The zero-order valence-corrected chi connectivity index (χ0v) is 9.00. The van der Waals surface area contributed by atoms with Gasteiger partial charge in [-0.3, -0.25) is 4.79 Å². The van der Waals surface area contributed by atoms with Gasteiger partial charge in [0.15, 0.2) is 0 Å². The molecule has 0 aromatic carbocycles. The summed E-state index contributed by atoms with van der Waals surface area (Å²) < 4.78 is 4.68. The van der Waals surface area contributed by atoms with Crippen LogP contribution < -0.4 is 5.73 Å². The highest BCUT2D eigenvalue weighted by Gasteiger charge is 2.24. The first kappa shape index (κ1) is 11.5. The second kappa shape index (κ2) is 6.02. The van der Waals surface area contributed by atoms with Crippen LogP contribution in [0.5, 0.6) is 0 Å². The Bertz CT molecular complexity index is 176. The molecule has 0 aliphatic heterocycles. The van der Waals surface area contributed by atoms with Crippen molar-refractivity contribution >= 4 is 5.97 Å². The summed E-state index contributed by atoms with van der Waals surface area (Å²) in [7, 11) is 1.44. The Kier molecular flexibility index (Phi) is 4.94. The molecule has 0 saturated heterocycles. The number of hydrogen-bond acceptors (Lipinski definition) is 3. The van der Waals surface area contributed by atoms with Crippen molar-refractivity contribution in [2.75, 3.05) is 13.7 Å². The number of esters is 1. The lowest BCUT2D eigenvalue weighted by Crippen LogP contribution is -2.28. The molecule has 0 unspecified atom stereocenters. The van der Waals surface area contributed by atoms with Crippen molar-refractivity contribution in [1.29, 1.82) is 0 Å². The third-order valence-electron chi connectivity index (χ3n) is 3.28. The number of rotatable bonds is 4. The van der Waals surface area contributed by atoms with Gasteiger partial charge in [0.2, 0.25) is 0 Å². The summed E-state index contributed by atoms with van der Waals surface area (Å²) in [5.74, 6) is 0.863. The van der Waals surface area contributed by atoms with E-state index in [-0.39, 0.29) is 5.97 Å². The Morgan fingerprint density at radius 1 is 1.43 bits per heavy atom. The smallest absolute Gasteiger partial charge is 0.305 e. The van der Waals surface area contributed by atoms with Gasteiger partial charge < -0.3 is 10.5 Å². The minimum absolute atomic E-state index is 0.119. The van der Waals surface area contributed by atoms with Crippen LogP contribution in [0.4, 0.5) is 0 Å². The van der Waals surface area contributed by atoms with E-state index in [2.05, 4.69) is 4.74 Å². The predicted octanol–water partition coefficient (Wildman–Crippen LogP) is 1.70. The zero-order chi connectivity index (χ0) is 10.4. The number of nitrogens with two attached hydrogens (primary N) is 1. The standard InChI is InChI=1S/C11H21NO2/c1-14-11(13)7-10(8-12)9-5-3-2-4-6-9/h9-10H,2-8,12H2,1H3/t10-/m0/s1. The van der Waals surface area contributed by atoms with Crippen LogP contribution in [-0.4, -0.2) is 19.6 Å². The Morgan fingerprint density at radius 2 is 2.07 bits per heavy atom. The van der Waals surface area contributed by atoms with Gasteiger partial charge in [0, 0.05) is 6.42 Å². The van der Waals surface area contributed by atoms with E-state index in [0.717, 1.165) is 0 Å². The van der Waals surface area contributed by atoms with Gasteiger partial charge in [0.1, 0.15) is 0 Å². The molecule has 1 aliphatic rings. The molecule has 0 aromatic heterocycles. The Labute approximate surface area is 86.0 Å². The Morgan fingerprint density at radius 3 is 2.57 bits per heavy atom. The lowest BCUT2D eigenvalue weighted by Gasteiger charge is -2.28. The van der Waals surface area contributed by atoms with Gasteiger partial charge in [0.25, 0.3) is 0 Å². The van der Waals surface area contributed by atoms with Crippen molar-refractivity contribution in [2.45, 2.75) is 38.5 Å². The van der Waals surface area contributed by atoms with Gasteiger partial charge in [0.05, 0.1) is 7.11 Å². The van der Waals surface area contributed by atoms with Gasteiger partial charge >= 0.3 is 5.97 Å². The van der Waals surface area contributed by atoms with Crippen molar-refractivity contribution in [3.8, 4) is 0 Å². The monoisotopic (exact) mass is 199 g/mol. The van der Waals surface area contributed by atoms with E-state index in [1.165, 1.54) is 39.2 Å². The first-order chi connectivity index (χ1) is 6.77. The third kappa shape index (κ3) is 3.29. The number of carbonyl (C=O) groups is 1. The molecule has 1 saturated carbocycles. The second-order valence-electron chi connectivity index (χ2n) is 4.17. The Hall–Kier alpha value is -0.570. The Balaban J connectivity index is 2.39. The van der Waals surface area contributed by atoms with Crippen LogP contribution in [0.25, 0.3) is 0 Å². The quantitative estimate of drug-likeness (QED) is 0.701. The van der Waals surface area contributed by atoms with Crippen molar-refractivity contribution in [1.82, 2.24) is 0 Å². The van der Waals surface area contributed by atoms with Crippen molar-refractivity contribution in [3.05, 3.63) is 0 Å². The van der Waals surface area contributed by atoms with Crippen molar-refractivity contribution in [2.24, 2.45) is 17.6 Å². The molecule has 3 heteroatoms. The van der Waals surface area contributed by atoms with Gasteiger partial charge in [-0.1, -0.05) is 32.1 Å². The highest BCUT2D eigenvalue weighted by molar-refractivity contribution is 5.69. The average molecular weight is 199 g/mol. The van der Waals surface area contributed by atoms with Crippen molar-refractivity contribution in [3.63, 3.8) is 0 Å². The largest absolute Gasteiger partial charge is 0.469 e. The SMILES string of the molecule is COC(=O)C[C@@H](CN)C1CCCCC1. The summed E-state index contributed by atoms with van der Waals surface area (Å²) in [6.45, 7) is 0.611. The fraction of sp³-hybridized carbons (Fsp3) is 0.909. The zero-order valence-electron chi connectivity index (χ0n) is 9.00. The van der Waals surface area contributed by atoms with Crippen LogP contribution in [0.15, 0.2) is 0 Å². The first-order valence-electron chi connectivity index (χ1n) is 5.54. The summed E-state index contributed by atoms with van der Waals surface area (Å²) in [6.07, 6.45) is 6.89. The molecule has 0 bridgehead atoms. The molecule has 1 fully saturated rings. The van der Waals surface area contributed by atoms with E-state index in [9.17, 15) is 4.79 Å². The summed E-state index contributed by atoms with van der Waals surface area (Å²) >= 11 is 0. The third-order valence-corrected chi connectivity index (χ3v) is 3.28. The maximum absolute atomic E-state index is 11.1. The lowest BCUT2D eigenvalue weighted by atomic mass is 9.78. The molecular formula is C11H21NO2. The van der Waals surface area contributed by atoms with Crippen LogP contribution in [0, 0.1) is 11.8 Å². The van der Waals surface area contributed by atoms with E-state index in [1.807, 2.05) is 0 Å². The maximum atomic E-state index is 11.1. The molecule has 0 spiro atoms. The fourth-order valence-electron chi connectivity index (χ4n) is 2.35. The fourth-order valence-corrected chi connectivity index (χ4v) is 2.35. The highest BCUT2D eigenvalue weighted by atomic mass is 16.5. The summed E-state index contributed by atoms with van der Waals surface area (Å²) in [5, 5.41) is 0. The van der Waals surface area contributed by atoms with Gasteiger partial charge in [-0.15, -0.1) is 0 Å². The minimum atomic E-state index is -0.119. The van der Waals surface area contributed by atoms with E-state index in [4.69, 9.17) is 5.73 Å². The van der Waals surface area contributed by atoms with Crippen molar-refractivity contribution < 1.29 is 9.53 Å². The molecule has 2 N–H and O–H groups in total. The molecule has 0 heterocycles. The van der Waals surface area contributed by atoms with Crippen LogP contribution in [-0.2, 0) is 9.53 Å². The highest BCUT2D eigenvalue weighted by Crippen LogP contribution is 2.31. The first-order valence-corrected chi connectivity index (χ1v) is 5.54. The molecule has 3 nitrogen and oxygen atoms in total. The molecule has 82 valence electrons. The van der Waals surface area contributed by atoms with E-state index in [1.54, 1.807) is 0 Å². The number of ether oxygens (including phenoxy) is 1. The normalized spacial score (nSPS) is 20.4. The molecular weight excluding hydrogens is 178 g/mol. The molecule has 14 heavy (non-hydrogen) atoms. The molecule has 0 radical (unpaired) electrons. The molecule has 1 rings (SSSR count). The lowest BCUT2D eigenvalue weighted by molar-refractivity contribution is -0.142. The van der Waals surface area contributed by atoms with E-state index >= 15 is 0 Å². The van der Waals surface area contributed by atoms with E-state index < -0.39 is 0 Å².